The van der Waals surface area contributed by atoms with Crippen LogP contribution in [0.2, 0.25) is 5.02 Å². The number of nitrogens with zero attached hydrogens (tertiary/aromatic N) is 4. The Morgan fingerprint density at radius 3 is 2.69 bits per heavy atom. The van der Waals surface area contributed by atoms with Gasteiger partial charge in [-0.2, -0.15) is 0 Å². The van der Waals surface area contributed by atoms with E-state index in [1.54, 1.807) is 47.1 Å². The maximum absolute atomic E-state index is 12.7. The molecule has 2 N–H and O–H groups in total. The van der Waals surface area contributed by atoms with Crippen molar-refractivity contribution in [2.45, 2.75) is 0 Å². The smallest absolute Gasteiger partial charge is 0.319 e. The second-order valence-electron chi connectivity index (χ2n) is 6.75. The van der Waals surface area contributed by atoms with Gasteiger partial charge in [0.15, 0.2) is 0 Å². The third kappa shape index (κ3) is 5.61. The first kappa shape index (κ1) is 20.9. The SMILES string of the molecule is COc1nn(C)cc1C(=O)N1CCN(CCNC(=O)Nc2cccc(Cl)c2)CC1. The van der Waals surface area contributed by atoms with Gasteiger partial charge in [0, 0.05) is 63.2 Å². The summed E-state index contributed by atoms with van der Waals surface area (Å²) in [6.45, 7) is 3.94. The van der Waals surface area contributed by atoms with E-state index in [0.29, 0.717) is 48.3 Å². The molecule has 2 heterocycles. The normalized spacial score (nSPS) is 14.5. The van der Waals surface area contributed by atoms with Crippen LogP contribution in [0.15, 0.2) is 30.5 Å². The molecule has 1 aliphatic heterocycles. The first-order valence-electron chi connectivity index (χ1n) is 9.36. The van der Waals surface area contributed by atoms with E-state index in [9.17, 15) is 9.59 Å². The summed E-state index contributed by atoms with van der Waals surface area (Å²) in [5.41, 5.74) is 1.12. The van der Waals surface area contributed by atoms with Gasteiger partial charge in [-0.25, -0.2) is 4.79 Å². The first-order chi connectivity index (χ1) is 14.0. The van der Waals surface area contributed by atoms with Crippen LogP contribution in [0.5, 0.6) is 5.88 Å². The quantitative estimate of drug-likeness (QED) is 0.741. The van der Waals surface area contributed by atoms with Gasteiger partial charge in [-0.1, -0.05) is 17.7 Å². The number of nitrogens with one attached hydrogen (secondary N) is 2. The number of piperazine rings is 1. The van der Waals surface area contributed by atoms with Crippen molar-refractivity contribution in [1.29, 1.82) is 0 Å². The molecular formula is C19H25ClN6O3. The number of hydrogen-bond acceptors (Lipinski definition) is 5. The van der Waals surface area contributed by atoms with Gasteiger partial charge >= 0.3 is 6.03 Å². The van der Waals surface area contributed by atoms with Gasteiger partial charge in [0.25, 0.3) is 5.91 Å². The lowest BCUT2D eigenvalue weighted by Crippen LogP contribution is -2.50. The molecule has 1 aliphatic rings. The zero-order chi connectivity index (χ0) is 20.8. The second-order valence-corrected chi connectivity index (χ2v) is 7.19. The van der Waals surface area contributed by atoms with Crippen molar-refractivity contribution in [3.05, 3.63) is 41.0 Å². The number of rotatable bonds is 6. The Morgan fingerprint density at radius 1 is 1.24 bits per heavy atom. The van der Waals surface area contributed by atoms with Gasteiger partial charge in [0.2, 0.25) is 5.88 Å². The van der Waals surface area contributed by atoms with Gasteiger partial charge in [-0.15, -0.1) is 5.10 Å². The Bertz CT molecular complexity index is 863. The Hall–Kier alpha value is -2.78. The largest absolute Gasteiger partial charge is 0.479 e. The Morgan fingerprint density at radius 2 is 2.00 bits per heavy atom. The number of ether oxygens (including phenoxy) is 1. The summed E-state index contributed by atoms with van der Waals surface area (Å²) in [6, 6.07) is 6.72. The molecule has 3 rings (SSSR count). The minimum absolute atomic E-state index is 0.0753. The molecule has 0 aliphatic carbocycles. The van der Waals surface area contributed by atoms with E-state index in [1.165, 1.54) is 7.11 Å². The second kappa shape index (κ2) is 9.62. The molecule has 1 fully saturated rings. The highest BCUT2D eigenvalue weighted by Gasteiger charge is 2.26. The van der Waals surface area contributed by atoms with Crippen molar-refractivity contribution < 1.29 is 14.3 Å². The molecule has 1 saturated heterocycles. The summed E-state index contributed by atoms with van der Waals surface area (Å²) in [4.78, 5) is 28.7. The van der Waals surface area contributed by atoms with Crippen molar-refractivity contribution in [2.24, 2.45) is 7.05 Å². The highest BCUT2D eigenvalue weighted by Crippen LogP contribution is 2.18. The number of urea groups is 1. The average molecular weight is 421 g/mol. The molecule has 1 aromatic heterocycles. The summed E-state index contributed by atoms with van der Waals surface area (Å²) >= 11 is 5.91. The van der Waals surface area contributed by atoms with Crippen LogP contribution < -0.4 is 15.4 Å². The number of aromatic nitrogens is 2. The van der Waals surface area contributed by atoms with Crippen LogP contribution in [-0.2, 0) is 7.05 Å². The van der Waals surface area contributed by atoms with Crippen molar-refractivity contribution in [1.82, 2.24) is 24.9 Å². The van der Waals surface area contributed by atoms with Crippen molar-refractivity contribution >= 4 is 29.2 Å². The highest BCUT2D eigenvalue weighted by molar-refractivity contribution is 6.30. The summed E-state index contributed by atoms with van der Waals surface area (Å²) in [6.07, 6.45) is 1.68. The number of methoxy groups -OCH3 is 1. The summed E-state index contributed by atoms with van der Waals surface area (Å²) in [5.74, 6) is 0.267. The average Bonchev–Trinajstić information content (AvgIpc) is 3.09. The van der Waals surface area contributed by atoms with Gasteiger partial charge in [0.1, 0.15) is 5.56 Å². The van der Waals surface area contributed by atoms with Gasteiger partial charge < -0.3 is 20.3 Å². The van der Waals surface area contributed by atoms with E-state index in [-0.39, 0.29) is 11.9 Å². The fraction of sp³-hybridized carbons (Fsp3) is 0.421. The van der Waals surface area contributed by atoms with Crippen LogP contribution in [0.25, 0.3) is 0 Å². The third-order valence-corrected chi connectivity index (χ3v) is 4.91. The molecule has 1 aromatic carbocycles. The monoisotopic (exact) mass is 420 g/mol. The number of anilines is 1. The van der Waals surface area contributed by atoms with Crippen molar-refractivity contribution in [3.8, 4) is 5.88 Å². The maximum Gasteiger partial charge on any atom is 0.319 e. The van der Waals surface area contributed by atoms with Gasteiger partial charge in [0.05, 0.1) is 7.11 Å². The predicted octanol–water partition coefficient (Wildman–Crippen LogP) is 1.66. The number of carbonyl (C=O) groups is 2. The summed E-state index contributed by atoms with van der Waals surface area (Å²) < 4.78 is 6.75. The highest BCUT2D eigenvalue weighted by atomic mass is 35.5. The number of halogens is 1. The number of hydrogen-bond donors (Lipinski definition) is 2. The van der Waals surface area contributed by atoms with Crippen LogP contribution in [0.4, 0.5) is 10.5 Å². The number of carbonyl (C=O) groups excluding carboxylic acids is 2. The zero-order valence-electron chi connectivity index (χ0n) is 16.5. The minimum Gasteiger partial charge on any atom is -0.479 e. The summed E-state index contributed by atoms with van der Waals surface area (Å²) in [7, 11) is 3.26. The third-order valence-electron chi connectivity index (χ3n) is 4.67. The van der Waals surface area contributed by atoms with Crippen LogP contribution in [0.3, 0.4) is 0 Å². The molecule has 0 bridgehead atoms. The lowest BCUT2D eigenvalue weighted by Gasteiger charge is -2.34. The van der Waals surface area contributed by atoms with Crippen molar-refractivity contribution in [3.63, 3.8) is 0 Å². The standard InChI is InChI=1S/C19H25ClN6O3/c1-24-13-16(17(23-24)29-2)18(27)26-10-8-25(9-11-26)7-6-21-19(28)22-15-5-3-4-14(20)12-15/h3-5,12-13H,6-11H2,1-2H3,(H2,21,22,28). The van der Waals surface area contributed by atoms with E-state index < -0.39 is 0 Å². The van der Waals surface area contributed by atoms with Crippen molar-refractivity contribution in [2.75, 3.05) is 51.7 Å². The number of benzene rings is 1. The number of aryl methyl sites for hydroxylation is 1. The molecule has 10 heteroatoms. The molecule has 0 radical (unpaired) electrons. The Labute approximate surface area is 174 Å². The van der Waals surface area contributed by atoms with E-state index in [0.717, 1.165) is 13.1 Å². The topological polar surface area (TPSA) is 91.7 Å². The van der Waals surface area contributed by atoms with E-state index >= 15 is 0 Å². The zero-order valence-corrected chi connectivity index (χ0v) is 17.3. The van der Waals surface area contributed by atoms with Crippen LogP contribution in [0, 0.1) is 0 Å². The van der Waals surface area contributed by atoms with E-state index in [1.807, 2.05) is 0 Å². The van der Waals surface area contributed by atoms with Gasteiger partial charge in [-0.05, 0) is 18.2 Å². The lowest BCUT2D eigenvalue weighted by molar-refractivity contribution is 0.0636. The number of amides is 3. The Balaban J connectivity index is 1.39. The summed E-state index contributed by atoms with van der Waals surface area (Å²) in [5, 5.41) is 10.3. The molecule has 9 nitrogen and oxygen atoms in total. The van der Waals surface area contributed by atoms with Gasteiger partial charge in [-0.3, -0.25) is 14.4 Å². The molecule has 0 saturated carbocycles. The van der Waals surface area contributed by atoms with E-state index in [4.69, 9.17) is 16.3 Å². The molecular weight excluding hydrogens is 396 g/mol. The molecule has 29 heavy (non-hydrogen) atoms. The van der Waals surface area contributed by atoms with E-state index in [2.05, 4.69) is 20.6 Å². The molecule has 0 unspecified atom stereocenters. The lowest BCUT2D eigenvalue weighted by atomic mass is 10.2. The molecule has 0 atom stereocenters. The fourth-order valence-electron chi connectivity index (χ4n) is 3.18. The molecule has 2 aromatic rings. The molecule has 156 valence electrons. The van der Waals surface area contributed by atoms with Crippen LogP contribution in [-0.4, -0.2) is 77.9 Å². The van der Waals surface area contributed by atoms with Crippen LogP contribution in [0.1, 0.15) is 10.4 Å². The minimum atomic E-state index is -0.273. The van der Waals surface area contributed by atoms with Crippen LogP contribution >= 0.6 is 11.6 Å². The maximum atomic E-state index is 12.7. The first-order valence-corrected chi connectivity index (χ1v) is 9.73. The fourth-order valence-corrected chi connectivity index (χ4v) is 3.37. The molecule has 0 spiro atoms. The predicted molar refractivity (Wildman–Crippen MR) is 111 cm³/mol. The molecule has 3 amide bonds. The Kier molecular flexibility index (Phi) is 6.95.